The second-order valence-corrected chi connectivity index (χ2v) is 7.94. The van der Waals surface area contributed by atoms with Crippen LogP contribution in [0.4, 0.5) is 0 Å². The number of unbranched alkanes of at least 4 members (excludes halogenated alkanes) is 1. The Labute approximate surface area is 161 Å². The van der Waals surface area contributed by atoms with Crippen LogP contribution in [0.2, 0.25) is 5.02 Å². The van der Waals surface area contributed by atoms with Gasteiger partial charge in [0, 0.05) is 44.3 Å². The summed E-state index contributed by atoms with van der Waals surface area (Å²) >= 11 is 7.87. The zero-order chi connectivity index (χ0) is 17.9. The first-order valence-electron chi connectivity index (χ1n) is 9.14. The lowest BCUT2D eigenvalue weighted by molar-refractivity contribution is 0.198. The number of thioether (sulfide) groups is 1. The zero-order valence-corrected chi connectivity index (χ0v) is 17.0. The maximum atomic E-state index is 5.96. The van der Waals surface area contributed by atoms with Crippen molar-refractivity contribution in [2.45, 2.75) is 38.3 Å². The lowest BCUT2D eigenvalue weighted by Gasteiger charge is -2.33. The fraction of sp³-hybridized carbons (Fsp3) is 0.632. The average Bonchev–Trinajstić information content (AvgIpc) is 2.64. The standard InChI is InChI=1S/C19H31ClN4S/c1-21-19(22-11-3-4-14-25-2)23-18-9-12-24(13-10-18)15-16-5-7-17(20)8-6-16/h5-8,18H,3-4,9-15H2,1-2H3,(H2,21,22,23). The van der Waals surface area contributed by atoms with Gasteiger partial charge in [-0.2, -0.15) is 11.8 Å². The van der Waals surface area contributed by atoms with Crippen molar-refractivity contribution in [1.82, 2.24) is 15.5 Å². The lowest BCUT2D eigenvalue weighted by Crippen LogP contribution is -2.48. The first-order valence-corrected chi connectivity index (χ1v) is 10.9. The van der Waals surface area contributed by atoms with Gasteiger partial charge < -0.3 is 10.6 Å². The van der Waals surface area contributed by atoms with E-state index in [1.165, 1.54) is 24.2 Å². The van der Waals surface area contributed by atoms with Gasteiger partial charge >= 0.3 is 0 Å². The Morgan fingerprint density at radius 1 is 1.24 bits per heavy atom. The molecule has 25 heavy (non-hydrogen) atoms. The molecule has 0 aromatic heterocycles. The summed E-state index contributed by atoms with van der Waals surface area (Å²) in [6.07, 6.45) is 6.92. The summed E-state index contributed by atoms with van der Waals surface area (Å²) < 4.78 is 0. The van der Waals surface area contributed by atoms with E-state index >= 15 is 0 Å². The maximum Gasteiger partial charge on any atom is 0.191 e. The molecule has 0 amide bonds. The maximum absolute atomic E-state index is 5.96. The van der Waals surface area contributed by atoms with Crippen molar-refractivity contribution in [1.29, 1.82) is 0 Å². The molecule has 4 nitrogen and oxygen atoms in total. The summed E-state index contributed by atoms with van der Waals surface area (Å²) in [6.45, 7) is 4.23. The van der Waals surface area contributed by atoms with Gasteiger partial charge in [-0.3, -0.25) is 9.89 Å². The summed E-state index contributed by atoms with van der Waals surface area (Å²) in [4.78, 5) is 6.87. The lowest BCUT2D eigenvalue weighted by atomic mass is 10.0. The molecule has 2 rings (SSSR count). The van der Waals surface area contributed by atoms with Crippen molar-refractivity contribution in [2.75, 3.05) is 38.7 Å². The van der Waals surface area contributed by atoms with E-state index in [-0.39, 0.29) is 0 Å². The fourth-order valence-electron chi connectivity index (χ4n) is 3.05. The molecular weight excluding hydrogens is 352 g/mol. The van der Waals surface area contributed by atoms with Crippen LogP contribution in [0.1, 0.15) is 31.2 Å². The number of aliphatic imine (C=N–C) groups is 1. The van der Waals surface area contributed by atoms with E-state index in [1.807, 2.05) is 30.9 Å². The highest BCUT2D eigenvalue weighted by molar-refractivity contribution is 7.98. The normalized spacial score (nSPS) is 16.8. The predicted octanol–water partition coefficient (Wildman–Crippen LogP) is 3.61. The molecule has 1 fully saturated rings. The van der Waals surface area contributed by atoms with Crippen LogP contribution < -0.4 is 10.6 Å². The summed E-state index contributed by atoms with van der Waals surface area (Å²) in [7, 11) is 1.85. The third-order valence-corrected chi connectivity index (χ3v) is 5.49. The first-order chi connectivity index (χ1) is 12.2. The molecule has 0 atom stereocenters. The van der Waals surface area contributed by atoms with Crippen LogP contribution in [0, 0.1) is 0 Å². The van der Waals surface area contributed by atoms with Gasteiger partial charge in [0.2, 0.25) is 0 Å². The molecular formula is C19H31ClN4S. The predicted molar refractivity (Wildman–Crippen MR) is 112 cm³/mol. The van der Waals surface area contributed by atoms with Gasteiger partial charge in [-0.1, -0.05) is 23.7 Å². The molecule has 1 saturated heterocycles. The van der Waals surface area contributed by atoms with Gasteiger partial charge in [-0.25, -0.2) is 0 Å². The van der Waals surface area contributed by atoms with Gasteiger partial charge in [-0.15, -0.1) is 0 Å². The van der Waals surface area contributed by atoms with Crippen molar-refractivity contribution in [3.8, 4) is 0 Å². The molecule has 0 unspecified atom stereocenters. The summed E-state index contributed by atoms with van der Waals surface area (Å²) in [5.74, 6) is 2.18. The number of benzene rings is 1. The van der Waals surface area contributed by atoms with Gasteiger partial charge in [-0.05, 0) is 55.4 Å². The number of guanidine groups is 1. The Bertz CT molecular complexity index is 513. The summed E-state index contributed by atoms with van der Waals surface area (Å²) in [6, 6.07) is 8.70. The zero-order valence-electron chi connectivity index (χ0n) is 15.4. The molecule has 1 aliphatic rings. The second kappa shape index (κ2) is 11.7. The number of nitrogens with zero attached hydrogens (tertiary/aromatic N) is 2. The van der Waals surface area contributed by atoms with Crippen LogP contribution in [0.25, 0.3) is 0 Å². The number of piperidine rings is 1. The Hall–Kier alpha value is -0.910. The Balaban J connectivity index is 1.65. The summed E-state index contributed by atoms with van der Waals surface area (Å²) in [5.41, 5.74) is 1.33. The van der Waals surface area contributed by atoms with E-state index in [9.17, 15) is 0 Å². The van der Waals surface area contributed by atoms with Gasteiger partial charge in [0.25, 0.3) is 0 Å². The van der Waals surface area contributed by atoms with Crippen LogP contribution in [0.3, 0.4) is 0 Å². The van der Waals surface area contributed by atoms with E-state index in [2.05, 4.69) is 38.9 Å². The van der Waals surface area contributed by atoms with Crippen molar-refractivity contribution in [3.63, 3.8) is 0 Å². The van der Waals surface area contributed by atoms with E-state index < -0.39 is 0 Å². The molecule has 0 radical (unpaired) electrons. The molecule has 1 heterocycles. The van der Waals surface area contributed by atoms with Crippen LogP contribution in [0.5, 0.6) is 0 Å². The molecule has 0 spiro atoms. The van der Waals surface area contributed by atoms with Crippen LogP contribution in [0.15, 0.2) is 29.3 Å². The number of nitrogens with one attached hydrogen (secondary N) is 2. The molecule has 1 aliphatic heterocycles. The monoisotopic (exact) mass is 382 g/mol. The SMILES string of the molecule is CN=C(NCCCCSC)NC1CCN(Cc2ccc(Cl)cc2)CC1. The molecule has 0 bridgehead atoms. The first kappa shape index (κ1) is 20.4. The quantitative estimate of drug-likeness (QED) is 0.409. The highest BCUT2D eigenvalue weighted by Gasteiger charge is 2.19. The number of likely N-dealkylation sites (tertiary alicyclic amines) is 1. The number of hydrogen-bond donors (Lipinski definition) is 2. The highest BCUT2D eigenvalue weighted by atomic mass is 35.5. The van der Waals surface area contributed by atoms with Crippen LogP contribution in [-0.4, -0.2) is 55.6 Å². The van der Waals surface area contributed by atoms with E-state index in [4.69, 9.17) is 11.6 Å². The van der Waals surface area contributed by atoms with Crippen molar-refractivity contribution < 1.29 is 0 Å². The third kappa shape index (κ3) is 7.89. The largest absolute Gasteiger partial charge is 0.356 e. The summed E-state index contributed by atoms with van der Waals surface area (Å²) in [5, 5.41) is 7.82. The highest BCUT2D eigenvalue weighted by Crippen LogP contribution is 2.16. The molecule has 140 valence electrons. The number of rotatable bonds is 8. The number of halogens is 1. The average molecular weight is 383 g/mol. The van der Waals surface area contributed by atoms with Gasteiger partial charge in [0.15, 0.2) is 5.96 Å². The minimum atomic E-state index is 0.513. The Morgan fingerprint density at radius 2 is 1.96 bits per heavy atom. The minimum Gasteiger partial charge on any atom is -0.356 e. The minimum absolute atomic E-state index is 0.513. The second-order valence-electron chi connectivity index (χ2n) is 6.52. The molecule has 1 aromatic carbocycles. The van der Waals surface area contributed by atoms with E-state index in [0.717, 1.165) is 50.0 Å². The van der Waals surface area contributed by atoms with Crippen LogP contribution in [-0.2, 0) is 6.54 Å². The molecule has 1 aromatic rings. The van der Waals surface area contributed by atoms with E-state index in [0.29, 0.717) is 6.04 Å². The Morgan fingerprint density at radius 3 is 2.60 bits per heavy atom. The molecule has 0 aliphatic carbocycles. The third-order valence-electron chi connectivity index (χ3n) is 4.54. The Kier molecular flexibility index (Phi) is 9.51. The fourth-order valence-corrected chi connectivity index (χ4v) is 3.67. The van der Waals surface area contributed by atoms with Crippen molar-refractivity contribution in [2.24, 2.45) is 4.99 Å². The van der Waals surface area contributed by atoms with Gasteiger partial charge in [0.1, 0.15) is 0 Å². The number of hydrogen-bond acceptors (Lipinski definition) is 3. The van der Waals surface area contributed by atoms with E-state index in [1.54, 1.807) is 0 Å². The molecule has 0 saturated carbocycles. The van der Waals surface area contributed by atoms with Gasteiger partial charge in [0.05, 0.1) is 0 Å². The van der Waals surface area contributed by atoms with Crippen LogP contribution >= 0.6 is 23.4 Å². The van der Waals surface area contributed by atoms with Crippen molar-refractivity contribution >= 4 is 29.3 Å². The van der Waals surface area contributed by atoms with Crippen molar-refractivity contribution in [3.05, 3.63) is 34.9 Å². The topological polar surface area (TPSA) is 39.7 Å². The molecule has 6 heteroatoms. The molecule has 2 N–H and O–H groups in total. The smallest absolute Gasteiger partial charge is 0.191 e.